The van der Waals surface area contributed by atoms with Gasteiger partial charge in [-0.1, -0.05) is 20.8 Å². The first kappa shape index (κ1) is 13.4. The second kappa shape index (κ2) is 8.98. The Morgan fingerprint density at radius 1 is 1.29 bits per heavy atom. The van der Waals surface area contributed by atoms with Gasteiger partial charge in [-0.05, 0) is 32.5 Å². The normalized spacial score (nSPS) is 12.8. The fourth-order valence-electron chi connectivity index (χ4n) is 1.38. The van der Waals surface area contributed by atoms with Gasteiger partial charge in [0.05, 0.1) is 12.1 Å². The Balaban J connectivity index is 3.66. The van der Waals surface area contributed by atoms with Crippen LogP contribution in [0.1, 0.15) is 33.6 Å². The van der Waals surface area contributed by atoms with Gasteiger partial charge in [-0.15, -0.1) is 0 Å². The van der Waals surface area contributed by atoms with Crippen LogP contribution in [-0.4, -0.2) is 37.1 Å². The highest BCUT2D eigenvalue weighted by atomic mass is 15.1. The summed E-state index contributed by atoms with van der Waals surface area (Å²) >= 11 is 0. The van der Waals surface area contributed by atoms with Crippen molar-refractivity contribution in [2.45, 2.75) is 39.7 Å². The lowest BCUT2D eigenvalue weighted by molar-refractivity contribution is 0.290. The summed E-state index contributed by atoms with van der Waals surface area (Å²) in [6.07, 6.45) is 2.02. The van der Waals surface area contributed by atoms with Gasteiger partial charge in [-0.3, -0.25) is 0 Å². The van der Waals surface area contributed by atoms with Gasteiger partial charge >= 0.3 is 0 Å². The molecule has 0 aromatic rings. The zero-order valence-electron chi connectivity index (χ0n) is 9.71. The van der Waals surface area contributed by atoms with Gasteiger partial charge in [0.2, 0.25) is 0 Å². The first-order valence-electron chi connectivity index (χ1n) is 5.63. The molecule has 0 saturated carbocycles. The van der Waals surface area contributed by atoms with Crippen molar-refractivity contribution in [2.24, 2.45) is 0 Å². The molecule has 1 atom stereocenters. The van der Waals surface area contributed by atoms with Crippen molar-refractivity contribution in [1.29, 1.82) is 5.26 Å². The van der Waals surface area contributed by atoms with Crippen LogP contribution in [0.2, 0.25) is 0 Å². The molecule has 0 fully saturated rings. The van der Waals surface area contributed by atoms with Crippen LogP contribution in [-0.2, 0) is 0 Å². The Bertz CT molecular complexity index is 158. The highest BCUT2D eigenvalue weighted by Crippen LogP contribution is 1.95. The van der Waals surface area contributed by atoms with E-state index in [4.69, 9.17) is 5.26 Å². The third-order valence-electron chi connectivity index (χ3n) is 2.43. The van der Waals surface area contributed by atoms with Crippen LogP contribution < -0.4 is 5.32 Å². The highest BCUT2D eigenvalue weighted by Gasteiger charge is 2.07. The van der Waals surface area contributed by atoms with Gasteiger partial charge < -0.3 is 10.2 Å². The molecule has 0 aromatic carbocycles. The minimum Gasteiger partial charge on any atom is -0.304 e. The molecule has 0 rings (SSSR count). The molecule has 3 heteroatoms. The molecule has 1 N–H and O–H groups in total. The smallest absolute Gasteiger partial charge is 0.0965 e. The van der Waals surface area contributed by atoms with E-state index in [-0.39, 0.29) is 6.04 Å². The maximum Gasteiger partial charge on any atom is 0.0965 e. The Morgan fingerprint density at radius 2 is 1.93 bits per heavy atom. The second-order valence-corrected chi connectivity index (χ2v) is 3.45. The molecule has 0 spiro atoms. The average molecular weight is 197 g/mol. The lowest BCUT2D eigenvalue weighted by Gasteiger charge is -2.19. The van der Waals surface area contributed by atoms with Crippen LogP contribution in [0.5, 0.6) is 0 Å². The summed E-state index contributed by atoms with van der Waals surface area (Å²) < 4.78 is 0. The molecule has 3 nitrogen and oxygen atoms in total. The summed E-state index contributed by atoms with van der Waals surface area (Å²) in [6, 6.07) is 2.33. The molecule has 1 unspecified atom stereocenters. The van der Waals surface area contributed by atoms with E-state index in [0.717, 1.165) is 39.0 Å². The van der Waals surface area contributed by atoms with Gasteiger partial charge in [-0.25, -0.2) is 0 Å². The van der Waals surface area contributed by atoms with Gasteiger partial charge in [-0.2, -0.15) is 5.26 Å². The van der Waals surface area contributed by atoms with Crippen molar-refractivity contribution in [3.8, 4) is 6.07 Å². The van der Waals surface area contributed by atoms with Gasteiger partial charge in [0.15, 0.2) is 0 Å². The van der Waals surface area contributed by atoms with E-state index in [2.05, 4.69) is 37.1 Å². The van der Waals surface area contributed by atoms with E-state index in [1.165, 1.54) is 0 Å². The van der Waals surface area contributed by atoms with Crippen molar-refractivity contribution < 1.29 is 0 Å². The lowest BCUT2D eigenvalue weighted by Crippen LogP contribution is -2.33. The predicted octanol–water partition coefficient (Wildman–Crippen LogP) is 1.61. The minimum atomic E-state index is 0.0237. The quantitative estimate of drug-likeness (QED) is 0.642. The van der Waals surface area contributed by atoms with Crippen LogP contribution in [0, 0.1) is 11.3 Å². The van der Waals surface area contributed by atoms with Crippen molar-refractivity contribution >= 4 is 0 Å². The molecule has 0 aliphatic heterocycles. The van der Waals surface area contributed by atoms with E-state index in [1.54, 1.807) is 0 Å². The van der Waals surface area contributed by atoms with Crippen LogP contribution in [0.3, 0.4) is 0 Å². The summed E-state index contributed by atoms with van der Waals surface area (Å²) in [6.45, 7) is 10.5. The Kier molecular flexibility index (Phi) is 8.61. The molecular formula is C11H23N3. The predicted molar refractivity (Wildman–Crippen MR) is 60.1 cm³/mol. The van der Waals surface area contributed by atoms with Crippen molar-refractivity contribution in [3.05, 3.63) is 0 Å². The summed E-state index contributed by atoms with van der Waals surface area (Å²) in [5.74, 6) is 0. The van der Waals surface area contributed by atoms with Crippen molar-refractivity contribution in [1.82, 2.24) is 10.2 Å². The molecule has 0 heterocycles. The molecular weight excluding hydrogens is 174 g/mol. The summed E-state index contributed by atoms with van der Waals surface area (Å²) in [7, 11) is 0. The van der Waals surface area contributed by atoms with E-state index in [1.807, 2.05) is 0 Å². The van der Waals surface area contributed by atoms with Crippen molar-refractivity contribution in [3.63, 3.8) is 0 Å². The molecule has 0 amide bonds. The monoisotopic (exact) mass is 197 g/mol. The zero-order chi connectivity index (χ0) is 10.8. The fraction of sp³-hybridized carbons (Fsp3) is 0.909. The molecule has 0 aromatic heterocycles. The SMILES string of the molecule is CCCNC(C#N)CCN(CC)CC. The number of rotatable bonds is 8. The van der Waals surface area contributed by atoms with Crippen LogP contribution >= 0.6 is 0 Å². The standard InChI is InChI=1S/C11H23N3/c1-4-8-13-11(10-12)7-9-14(5-2)6-3/h11,13H,4-9H2,1-3H3. The van der Waals surface area contributed by atoms with Crippen molar-refractivity contribution in [2.75, 3.05) is 26.2 Å². The van der Waals surface area contributed by atoms with Crippen LogP contribution in [0.25, 0.3) is 0 Å². The van der Waals surface area contributed by atoms with Crippen LogP contribution in [0.15, 0.2) is 0 Å². The van der Waals surface area contributed by atoms with E-state index < -0.39 is 0 Å². The number of nitrogens with zero attached hydrogens (tertiary/aromatic N) is 2. The number of nitrogens with one attached hydrogen (secondary N) is 1. The summed E-state index contributed by atoms with van der Waals surface area (Å²) in [5, 5.41) is 12.1. The maximum atomic E-state index is 8.88. The van der Waals surface area contributed by atoms with Crippen LogP contribution in [0.4, 0.5) is 0 Å². The number of hydrogen-bond donors (Lipinski definition) is 1. The first-order chi connectivity index (χ1) is 6.78. The third-order valence-corrected chi connectivity index (χ3v) is 2.43. The van der Waals surface area contributed by atoms with E-state index >= 15 is 0 Å². The Labute approximate surface area is 88.1 Å². The van der Waals surface area contributed by atoms with Gasteiger partial charge in [0.25, 0.3) is 0 Å². The number of hydrogen-bond acceptors (Lipinski definition) is 3. The Hall–Kier alpha value is -0.590. The molecule has 0 saturated heterocycles. The van der Waals surface area contributed by atoms with E-state index in [9.17, 15) is 0 Å². The zero-order valence-corrected chi connectivity index (χ0v) is 9.71. The molecule has 0 radical (unpaired) electrons. The fourth-order valence-corrected chi connectivity index (χ4v) is 1.38. The first-order valence-corrected chi connectivity index (χ1v) is 5.63. The van der Waals surface area contributed by atoms with Gasteiger partial charge in [0.1, 0.15) is 0 Å². The number of nitriles is 1. The minimum absolute atomic E-state index is 0.0237. The topological polar surface area (TPSA) is 39.1 Å². The lowest BCUT2D eigenvalue weighted by atomic mass is 10.2. The van der Waals surface area contributed by atoms with Gasteiger partial charge in [0, 0.05) is 6.54 Å². The molecule has 14 heavy (non-hydrogen) atoms. The molecule has 0 aliphatic rings. The average Bonchev–Trinajstić information content (AvgIpc) is 2.23. The summed E-state index contributed by atoms with van der Waals surface area (Å²) in [5.41, 5.74) is 0. The third kappa shape index (κ3) is 5.95. The Morgan fingerprint density at radius 3 is 2.36 bits per heavy atom. The second-order valence-electron chi connectivity index (χ2n) is 3.45. The largest absolute Gasteiger partial charge is 0.304 e. The molecule has 0 aliphatic carbocycles. The molecule has 0 bridgehead atoms. The highest BCUT2D eigenvalue weighted by molar-refractivity contribution is 4.89. The summed E-state index contributed by atoms with van der Waals surface area (Å²) in [4.78, 5) is 2.35. The molecule has 82 valence electrons. The van der Waals surface area contributed by atoms with E-state index in [0.29, 0.717) is 0 Å². The maximum absolute atomic E-state index is 8.88.